The summed E-state index contributed by atoms with van der Waals surface area (Å²) < 4.78 is 0. The van der Waals surface area contributed by atoms with Gasteiger partial charge in [0, 0.05) is 6.21 Å². The van der Waals surface area contributed by atoms with Crippen LogP contribution in [0.2, 0.25) is 0 Å². The zero-order chi connectivity index (χ0) is 8.15. The van der Waals surface area contributed by atoms with Crippen LogP contribution in [-0.2, 0) is 0 Å². The van der Waals surface area contributed by atoms with Crippen molar-refractivity contribution in [2.24, 2.45) is 0 Å². The minimum Gasteiger partial charge on any atom is -0.308 e. The fraction of sp³-hybridized carbons (Fsp3) is 0.444. The minimum atomic E-state index is 0.918. The van der Waals surface area contributed by atoms with E-state index in [9.17, 15) is 0 Å². The second kappa shape index (κ2) is 4.04. The third kappa shape index (κ3) is 3.23. The number of nitrogens with one attached hydrogen (secondary N) is 1. The molecule has 0 radical (unpaired) electrons. The zero-order valence-corrected chi connectivity index (χ0v) is 6.99. The third-order valence-electron chi connectivity index (χ3n) is 1.46. The van der Waals surface area contributed by atoms with E-state index < -0.39 is 0 Å². The largest absolute Gasteiger partial charge is 0.308 e. The van der Waals surface area contributed by atoms with Gasteiger partial charge >= 0.3 is 0 Å². The average molecular weight is 137 g/mol. The summed E-state index contributed by atoms with van der Waals surface area (Å²) in [5.74, 6) is 0. The van der Waals surface area contributed by atoms with Crippen molar-refractivity contribution >= 4 is 6.21 Å². The molecule has 0 fully saturated rings. The topological polar surface area (TPSA) is 23.9 Å². The van der Waals surface area contributed by atoms with Crippen molar-refractivity contribution in [3.05, 3.63) is 23.3 Å². The Morgan fingerprint density at radius 3 is 2.20 bits per heavy atom. The first-order valence-electron chi connectivity index (χ1n) is 3.39. The van der Waals surface area contributed by atoms with E-state index in [1.165, 1.54) is 11.8 Å². The number of rotatable bonds is 3. The zero-order valence-electron chi connectivity index (χ0n) is 6.99. The van der Waals surface area contributed by atoms with Gasteiger partial charge in [-0.15, -0.1) is 0 Å². The average Bonchev–Trinajstić information content (AvgIpc) is 1.85. The van der Waals surface area contributed by atoms with Gasteiger partial charge in [-0.2, -0.15) is 0 Å². The summed E-state index contributed by atoms with van der Waals surface area (Å²) in [7, 11) is 0. The van der Waals surface area contributed by atoms with Gasteiger partial charge in [0.25, 0.3) is 0 Å². The summed E-state index contributed by atoms with van der Waals surface area (Å²) >= 11 is 0. The summed E-state index contributed by atoms with van der Waals surface area (Å²) in [6.45, 7) is 9.79. The predicted molar refractivity (Wildman–Crippen MR) is 46.6 cm³/mol. The van der Waals surface area contributed by atoms with Crippen molar-refractivity contribution in [1.82, 2.24) is 0 Å². The highest BCUT2D eigenvalue weighted by Crippen LogP contribution is 2.10. The van der Waals surface area contributed by atoms with Crippen molar-refractivity contribution in [1.29, 1.82) is 5.41 Å². The van der Waals surface area contributed by atoms with Crippen LogP contribution in [0.25, 0.3) is 0 Å². The van der Waals surface area contributed by atoms with Crippen molar-refractivity contribution in [3.8, 4) is 0 Å². The molecule has 0 spiro atoms. The van der Waals surface area contributed by atoms with Crippen molar-refractivity contribution in [2.75, 3.05) is 0 Å². The molecular formula is C9H15N. The van der Waals surface area contributed by atoms with E-state index in [4.69, 9.17) is 5.41 Å². The molecule has 0 aromatic carbocycles. The summed E-state index contributed by atoms with van der Waals surface area (Å²) in [5.41, 5.74) is 3.43. The standard InChI is InChI=1S/C9H15N/c1-7(2)5-8(3)9(4)6-10/h6,10H,1,5H2,2-4H3/b9-8-,10-6?. The van der Waals surface area contributed by atoms with E-state index in [0.29, 0.717) is 0 Å². The van der Waals surface area contributed by atoms with Gasteiger partial charge in [0.05, 0.1) is 0 Å². The molecule has 0 rings (SSSR count). The number of allylic oxidation sites excluding steroid dienone is 3. The van der Waals surface area contributed by atoms with Crippen LogP contribution in [0.3, 0.4) is 0 Å². The van der Waals surface area contributed by atoms with Gasteiger partial charge in [-0.3, -0.25) is 0 Å². The Bertz CT molecular complexity index is 175. The van der Waals surface area contributed by atoms with Crippen molar-refractivity contribution in [2.45, 2.75) is 27.2 Å². The van der Waals surface area contributed by atoms with Gasteiger partial charge in [-0.25, -0.2) is 0 Å². The molecule has 10 heavy (non-hydrogen) atoms. The molecule has 0 saturated carbocycles. The van der Waals surface area contributed by atoms with Crippen LogP contribution in [-0.4, -0.2) is 6.21 Å². The maximum atomic E-state index is 6.97. The molecule has 0 aliphatic carbocycles. The molecule has 0 atom stereocenters. The SMILES string of the molecule is C=C(C)C/C(C)=C(/C)C=N. The third-order valence-corrected chi connectivity index (χ3v) is 1.46. The summed E-state index contributed by atoms with van der Waals surface area (Å²) in [5, 5.41) is 6.97. The first kappa shape index (κ1) is 9.15. The van der Waals surface area contributed by atoms with Gasteiger partial charge < -0.3 is 5.41 Å². The fourth-order valence-corrected chi connectivity index (χ4v) is 0.715. The quantitative estimate of drug-likeness (QED) is 0.457. The smallest absolute Gasteiger partial charge is 0.0206 e. The Morgan fingerprint density at radius 2 is 1.90 bits per heavy atom. The lowest BCUT2D eigenvalue weighted by atomic mass is 10.1. The van der Waals surface area contributed by atoms with Crippen LogP contribution in [0.4, 0.5) is 0 Å². The van der Waals surface area contributed by atoms with E-state index in [2.05, 4.69) is 6.58 Å². The second-order valence-corrected chi connectivity index (χ2v) is 2.74. The molecule has 0 aromatic heterocycles. The van der Waals surface area contributed by atoms with E-state index in [1.54, 1.807) is 0 Å². The van der Waals surface area contributed by atoms with E-state index >= 15 is 0 Å². The predicted octanol–water partition coefficient (Wildman–Crippen LogP) is 2.94. The van der Waals surface area contributed by atoms with E-state index in [0.717, 1.165) is 17.6 Å². The molecule has 1 N–H and O–H groups in total. The molecule has 0 aromatic rings. The Kier molecular flexibility index (Phi) is 3.70. The molecular weight excluding hydrogens is 122 g/mol. The van der Waals surface area contributed by atoms with Gasteiger partial charge in [0.2, 0.25) is 0 Å². The molecule has 0 heterocycles. The summed E-state index contributed by atoms with van der Waals surface area (Å²) in [4.78, 5) is 0. The van der Waals surface area contributed by atoms with Crippen LogP contribution in [0.15, 0.2) is 23.3 Å². The lowest BCUT2D eigenvalue weighted by Crippen LogP contribution is -1.85. The first-order valence-corrected chi connectivity index (χ1v) is 3.39. The fourth-order valence-electron chi connectivity index (χ4n) is 0.715. The molecule has 0 unspecified atom stereocenters. The van der Waals surface area contributed by atoms with Crippen LogP contribution >= 0.6 is 0 Å². The van der Waals surface area contributed by atoms with Crippen LogP contribution < -0.4 is 0 Å². The molecule has 0 bridgehead atoms. The van der Waals surface area contributed by atoms with Gasteiger partial charge in [0.1, 0.15) is 0 Å². The van der Waals surface area contributed by atoms with E-state index in [-0.39, 0.29) is 0 Å². The van der Waals surface area contributed by atoms with Crippen LogP contribution in [0, 0.1) is 5.41 Å². The Hall–Kier alpha value is -0.850. The normalized spacial score (nSPS) is 12.3. The summed E-state index contributed by atoms with van der Waals surface area (Å²) in [6.07, 6.45) is 2.31. The molecule has 0 aliphatic rings. The Balaban J connectivity index is 4.18. The van der Waals surface area contributed by atoms with Gasteiger partial charge in [-0.1, -0.05) is 17.7 Å². The highest BCUT2D eigenvalue weighted by Gasteiger charge is 1.93. The monoisotopic (exact) mass is 137 g/mol. The maximum Gasteiger partial charge on any atom is 0.0206 e. The summed E-state index contributed by atoms with van der Waals surface area (Å²) in [6, 6.07) is 0. The number of hydrogen-bond donors (Lipinski definition) is 1. The minimum absolute atomic E-state index is 0.918. The van der Waals surface area contributed by atoms with Gasteiger partial charge in [-0.05, 0) is 32.8 Å². The van der Waals surface area contributed by atoms with Crippen molar-refractivity contribution < 1.29 is 0 Å². The Morgan fingerprint density at radius 1 is 1.40 bits per heavy atom. The lowest BCUT2D eigenvalue weighted by molar-refractivity contribution is 1.10. The number of hydrogen-bond acceptors (Lipinski definition) is 1. The molecule has 1 heteroatoms. The highest BCUT2D eigenvalue weighted by atomic mass is 14.3. The van der Waals surface area contributed by atoms with Gasteiger partial charge in [0.15, 0.2) is 0 Å². The second-order valence-electron chi connectivity index (χ2n) is 2.74. The van der Waals surface area contributed by atoms with Crippen molar-refractivity contribution in [3.63, 3.8) is 0 Å². The van der Waals surface area contributed by atoms with E-state index in [1.807, 2.05) is 20.8 Å². The Labute approximate surface area is 63.0 Å². The van der Waals surface area contributed by atoms with Crippen LogP contribution in [0.1, 0.15) is 27.2 Å². The maximum absolute atomic E-state index is 6.97. The first-order chi connectivity index (χ1) is 4.57. The molecule has 1 nitrogen and oxygen atoms in total. The molecule has 0 saturated heterocycles. The van der Waals surface area contributed by atoms with Crippen LogP contribution in [0.5, 0.6) is 0 Å². The molecule has 56 valence electrons. The molecule has 0 aliphatic heterocycles. The highest BCUT2D eigenvalue weighted by molar-refractivity contribution is 5.75. The molecule has 0 amide bonds. The lowest BCUT2D eigenvalue weighted by Gasteiger charge is -2.01.